The van der Waals surface area contributed by atoms with Gasteiger partial charge in [-0.25, -0.2) is 0 Å². The Morgan fingerprint density at radius 3 is 2.58 bits per heavy atom. The van der Waals surface area contributed by atoms with Crippen LogP contribution in [0.15, 0.2) is 22.7 Å². The fraction of sp³-hybridized carbons (Fsp3) is 0.385. The summed E-state index contributed by atoms with van der Waals surface area (Å²) in [5.41, 5.74) is 0.384. The molecule has 0 bridgehead atoms. The Morgan fingerprint density at radius 2 is 2.11 bits per heavy atom. The third-order valence-corrected chi connectivity index (χ3v) is 4.09. The van der Waals surface area contributed by atoms with Crippen LogP contribution in [0.5, 0.6) is 0 Å². The van der Waals surface area contributed by atoms with Crippen LogP contribution in [-0.4, -0.2) is 34.5 Å². The number of hydrogen-bond acceptors (Lipinski definition) is 2. The first kappa shape index (κ1) is 16.0. The van der Waals surface area contributed by atoms with E-state index in [1.807, 2.05) is 13.8 Å². The van der Waals surface area contributed by atoms with Gasteiger partial charge in [-0.15, -0.1) is 0 Å². The molecule has 6 heteroatoms. The highest BCUT2D eigenvalue weighted by molar-refractivity contribution is 9.10. The molecule has 1 atom stereocenters. The van der Waals surface area contributed by atoms with E-state index in [-0.39, 0.29) is 18.5 Å². The molecule has 4 nitrogen and oxygen atoms in total. The molecule has 0 aliphatic rings. The fourth-order valence-electron chi connectivity index (χ4n) is 1.59. The van der Waals surface area contributed by atoms with Gasteiger partial charge < -0.3 is 10.0 Å². The largest absolute Gasteiger partial charge is 0.480 e. The summed E-state index contributed by atoms with van der Waals surface area (Å²) in [7, 11) is 0. The SMILES string of the molecule is CCC(C)N(CC(=O)O)C(=O)c1ccc(Br)c(Cl)c1. The van der Waals surface area contributed by atoms with E-state index >= 15 is 0 Å². The molecule has 1 amide bonds. The maximum absolute atomic E-state index is 12.3. The van der Waals surface area contributed by atoms with Crippen molar-refractivity contribution < 1.29 is 14.7 Å². The van der Waals surface area contributed by atoms with Gasteiger partial charge >= 0.3 is 5.97 Å². The molecule has 1 aromatic carbocycles. The molecule has 0 fully saturated rings. The van der Waals surface area contributed by atoms with Crippen molar-refractivity contribution in [1.82, 2.24) is 4.90 Å². The average molecular weight is 349 g/mol. The van der Waals surface area contributed by atoms with Crippen LogP contribution in [0.1, 0.15) is 30.6 Å². The van der Waals surface area contributed by atoms with Crippen LogP contribution in [0.4, 0.5) is 0 Å². The van der Waals surface area contributed by atoms with Gasteiger partial charge in [-0.3, -0.25) is 9.59 Å². The van der Waals surface area contributed by atoms with E-state index in [2.05, 4.69) is 15.9 Å². The number of benzene rings is 1. The number of carbonyl (C=O) groups is 2. The lowest BCUT2D eigenvalue weighted by atomic mass is 10.1. The van der Waals surface area contributed by atoms with Crippen molar-refractivity contribution in [3.63, 3.8) is 0 Å². The summed E-state index contributed by atoms with van der Waals surface area (Å²) in [6.07, 6.45) is 0.684. The summed E-state index contributed by atoms with van der Waals surface area (Å²) in [6.45, 7) is 3.41. The zero-order chi connectivity index (χ0) is 14.6. The van der Waals surface area contributed by atoms with Gasteiger partial charge in [0.15, 0.2) is 0 Å². The van der Waals surface area contributed by atoms with Crippen molar-refractivity contribution in [2.45, 2.75) is 26.3 Å². The molecule has 1 rings (SSSR count). The Morgan fingerprint density at radius 1 is 1.47 bits per heavy atom. The van der Waals surface area contributed by atoms with Gasteiger partial charge in [-0.05, 0) is 47.5 Å². The molecular weight excluding hydrogens is 334 g/mol. The number of carbonyl (C=O) groups excluding carboxylic acids is 1. The lowest BCUT2D eigenvalue weighted by Gasteiger charge is -2.27. The highest BCUT2D eigenvalue weighted by Crippen LogP contribution is 2.24. The minimum Gasteiger partial charge on any atom is -0.480 e. The van der Waals surface area contributed by atoms with Crippen molar-refractivity contribution in [3.8, 4) is 0 Å². The molecule has 0 saturated heterocycles. The standard InChI is InChI=1S/C13H15BrClNO3/c1-3-8(2)16(7-12(17)18)13(19)9-4-5-10(14)11(15)6-9/h4-6,8H,3,7H2,1-2H3,(H,17,18). The van der Waals surface area contributed by atoms with Gasteiger partial charge in [0.1, 0.15) is 6.54 Å². The highest BCUT2D eigenvalue weighted by Gasteiger charge is 2.23. The molecule has 1 N–H and O–H groups in total. The van der Waals surface area contributed by atoms with Crippen LogP contribution in [0.2, 0.25) is 5.02 Å². The highest BCUT2D eigenvalue weighted by atomic mass is 79.9. The molecular formula is C13H15BrClNO3. The topological polar surface area (TPSA) is 57.6 Å². The minimum atomic E-state index is -1.03. The first-order chi connectivity index (χ1) is 8.86. The normalized spacial score (nSPS) is 12.0. The predicted octanol–water partition coefficient (Wildman–Crippen LogP) is 3.43. The zero-order valence-electron chi connectivity index (χ0n) is 10.7. The molecule has 0 spiro atoms. The minimum absolute atomic E-state index is 0.147. The van der Waals surface area contributed by atoms with E-state index in [9.17, 15) is 9.59 Å². The van der Waals surface area contributed by atoms with Gasteiger partial charge in [0, 0.05) is 16.1 Å². The lowest BCUT2D eigenvalue weighted by Crippen LogP contribution is -2.41. The van der Waals surface area contributed by atoms with Crippen LogP contribution in [-0.2, 0) is 4.79 Å². The Hall–Kier alpha value is -1.07. The van der Waals surface area contributed by atoms with Crippen molar-refractivity contribution in [2.24, 2.45) is 0 Å². The summed E-state index contributed by atoms with van der Waals surface area (Å²) in [5, 5.41) is 9.32. The first-order valence-corrected chi connectivity index (χ1v) is 7.01. The van der Waals surface area contributed by atoms with E-state index in [4.69, 9.17) is 16.7 Å². The number of halogens is 2. The molecule has 0 aliphatic heterocycles. The van der Waals surface area contributed by atoms with Crippen molar-refractivity contribution in [1.29, 1.82) is 0 Å². The third-order valence-electron chi connectivity index (χ3n) is 2.86. The van der Waals surface area contributed by atoms with Gasteiger partial charge in [0.2, 0.25) is 0 Å². The third kappa shape index (κ3) is 4.21. The maximum Gasteiger partial charge on any atom is 0.323 e. The van der Waals surface area contributed by atoms with E-state index in [0.717, 1.165) is 0 Å². The Kier molecular flexibility index (Phi) is 5.82. The first-order valence-electron chi connectivity index (χ1n) is 5.84. The van der Waals surface area contributed by atoms with Crippen molar-refractivity contribution in [3.05, 3.63) is 33.3 Å². The van der Waals surface area contributed by atoms with E-state index < -0.39 is 5.97 Å². The number of amides is 1. The second-order valence-electron chi connectivity index (χ2n) is 4.21. The summed E-state index contributed by atoms with van der Waals surface area (Å²) < 4.78 is 0.694. The Bertz CT molecular complexity index is 493. The lowest BCUT2D eigenvalue weighted by molar-refractivity contribution is -0.138. The number of carboxylic acids is 1. The van der Waals surface area contributed by atoms with Crippen LogP contribution in [0.25, 0.3) is 0 Å². The summed E-state index contributed by atoms with van der Waals surface area (Å²) >= 11 is 9.20. The number of hydrogen-bond donors (Lipinski definition) is 1. The summed E-state index contributed by atoms with van der Waals surface area (Å²) in [6, 6.07) is 4.68. The van der Waals surface area contributed by atoms with Crippen LogP contribution < -0.4 is 0 Å². The van der Waals surface area contributed by atoms with E-state index in [1.165, 1.54) is 11.0 Å². The number of nitrogens with zero attached hydrogens (tertiary/aromatic N) is 1. The molecule has 0 heterocycles. The second-order valence-corrected chi connectivity index (χ2v) is 5.47. The molecule has 0 aromatic heterocycles. The molecule has 104 valence electrons. The van der Waals surface area contributed by atoms with Crippen molar-refractivity contribution in [2.75, 3.05) is 6.54 Å². The molecule has 0 saturated carbocycles. The maximum atomic E-state index is 12.3. The van der Waals surface area contributed by atoms with Crippen LogP contribution in [0, 0.1) is 0 Å². The zero-order valence-corrected chi connectivity index (χ0v) is 13.0. The average Bonchev–Trinajstić information content (AvgIpc) is 2.37. The van der Waals surface area contributed by atoms with Crippen LogP contribution in [0.3, 0.4) is 0 Å². The number of rotatable bonds is 5. The van der Waals surface area contributed by atoms with Crippen LogP contribution >= 0.6 is 27.5 Å². The summed E-state index contributed by atoms with van der Waals surface area (Å²) in [4.78, 5) is 24.5. The van der Waals surface area contributed by atoms with E-state index in [0.29, 0.717) is 21.5 Å². The number of aliphatic carboxylic acids is 1. The van der Waals surface area contributed by atoms with E-state index in [1.54, 1.807) is 12.1 Å². The molecule has 0 aliphatic carbocycles. The number of carboxylic acid groups (broad SMARTS) is 1. The van der Waals surface area contributed by atoms with Gasteiger partial charge in [-0.2, -0.15) is 0 Å². The van der Waals surface area contributed by atoms with Gasteiger partial charge in [-0.1, -0.05) is 18.5 Å². The predicted molar refractivity (Wildman–Crippen MR) is 77.6 cm³/mol. The fourth-order valence-corrected chi connectivity index (χ4v) is 2.02. The quantitative estimate of drug-likeness (QED) is 0.887. The smallest absolute Gasteiger partial charge is 0.323 e. The Labute approximate surface area is 125 Å². The molecule has 1 aromatic rings. The van der Waals surface area contributed by atoms with Crippen molar-refractivity contribution >= 4 is 39.4 Å². The Balaban J connectivity index is 3.04. The van der Waals surface area contributed by atoms with Gasteiger partial charge in [0.25, 0.3) is 5.91 Å². The summed E-state index contributed by atoms with van der Waals surface area (Å²) in [5.74, 6) is -1.36. The molecule has 19 heavy (non-hydrogen) atoms. The van der Waals surface area contributed by atoms with Gasteiger partial charge in [0.05, 0.1) is 5.02 Å². The molecule has 0 radical (unpaired) electrons. The monoisotopic (exact) mass is 347 g/mol. The second kappa shape index (κ2) is 6.91. The molecule has 1 unspecified atom stereocenters.